The Bertz CT molecular complexity index is 854. The van der Waals surface area contributed by atoms with E-state index >= 15 is 0 Å². The zero-order chi connectivity index (χ0) is 19.6. The molecule has 0 aliphatic rings. The lowest BCUT2D eigenvalue weighted by molar-refractivity contribution is -0.116. The van der Waals surface area contributed by atoms with Crippen LogP contribution in [-0.4, -0.2) is 30.7 Å². The summed E-state index contributed by atoms with van der Waals surface area (Å²) in [5.41, 5.74) is 1.24. The Morgan fingerprint density at radius 3 is 2.67 bits per heavy atom. The second kappa shape index (κ2) is 9.88. The number of hydrogen-bond donors (Lipinski definition) is 2. The Hall–Kier alpha value is -3.46. The Labute approximate surface area is 158 Å². The minimum absolute atomic E-state index is 0.0565. The van der Waals surface area contributed by atoms with Crippen molar-refractivity contribution in [2.45, 2.75) is 19.3 Å². The maximum Gasteiger partial charge on any atom is 0.337 e. The van der Waals surface area contributed by atoms with Crippen LogP contribution in [0.25, 0.3) is 0 Å². The fourth-order valence-electron chi connectivity index (χ4n) is 2.46. The Balaban J connectivity index is 1.97. The number of methoxy groups -OCH3 is 1. The van der Waals surface area contributed by atoms with Crippen LogP contribution in [0.2, 0.25) is 0 Å². The van der Waals surface area contributed by atoms with Crippen LogP contribution in [0.3, 0.4) is 0 Å². The van der Waals surface area contributed by atoms with Crippen LogP contribution >= 0.6 is 0 Å². The summed E-state index contributed by atoms with van der Waals surface area (Å²) in [6.07, 6.45) is 6.38. The van der Waals surface area contributed by atoms with Crippen molar-refractivity contribution in [3.05, 3.63) is 53.6 Å². The van der Waals surface area contributed by atoms with Crippen LogP contribution < -0.4 is 14.8 Å². The summed E-state index contributed by atoms with van der Waals surface area (Å²) >= 11 is 0. The lowest BCUT2D eigenvalue weighted by Gasteiger charge is -2.12. The molecule has 2 rings (SSSR count). The number of carboxylic acid groups (broad SMARTS) is 1. The summed E-state index contributed by atoms with van der Waals surface area (Å²) in [5.74, 6) is 2.31. The highest BCUT2D eigenvalue weighted by molar-refractivity contribution is 6.00. The smallest absolute Gasteiger partial charge is 0.337 e. The predicted octanol–water partition coefficient (Wildman–Crippen LogP) is 3.37. The number of anilines is 1. The lowest BCUT2D eigenvalue weighted by atomic mass is 10.1. The van der Waals surface area contributed by atoms with Crippen LogP contribution in [0.4, 0.5) is 5.69 Å². The highest BCUT2D eigenvalue weighted by atomic mass is 16.5. The molecule has 0 unspecified atom stereocenters. The van der Waals surface area contributed by atoms with Crippen molar-refractivity contribution < 1.29 is 24.2 Å². The third kappa shape index (κ3) is 5.79. The van der Waals surface area contributed by atoms with Gasteiger partial charge in [-0.1, -0.05) is 18.2 Å². The molecule has 0 radical (unpaired) electrons. The van der Waals surface area contributed by atoms with Gasteiger partial charge in [0.2, 0.25) is 5.91 Å². The van der Waals surface area contributed by atoms with Gasteiger partial charge in [-0.2, -0.15) is 0 Å². The molecule has 6 heteroatoms. The van der Waals surface area contributed by atoms with E-state index in [1.54, 1.807) is 31.4 Å². The third-order valence-electron chi connectivity index (χ3n) is 3.80. The van der Waals surface area contributed by atoms with Gasteiger partial charge >= 0.3 is 5.97 Å². The molecule has 0 atom stereocenters. The van der Waals surface area contributed by atoms with Gasteiger partial charge in [0.25, 0.3) is 0 Å². The number of amides is 1. The Morgan fingerprint density at radius 1 is 1.19 bits per heavy atom. The first kappa shape index (κ1) is 19.9. The second-order valence-electron chi connectivity index (χ2n) is 5.69. The van der Waals surface area contributed by atoms with Crippen molar-refractivity contribution in [1.29, 1.82) is 0 Å². The number of carbonyl (C=O) groups excluding carboxylic acids is 1. The maximum absolute atomic E-state index is 12.2. The molecule has 0 heterocycles. The first-order valence-electron chi connectivity index (χ1n) is 8.40. The van der Waals surface area contributed by atoms with Crippen molar-refractivity contribution in [1.82, 2.24) is 0 Å². The summed E-state index contributed by atoms with van der Waals surface area (Å²) in [5, 5.41) is 11.8. The van der Waals surface area contributed by atoms with E-state index in [0.717, 1.165) is 5.56 Å². The molecule has 2 N–H and O–H groups in total. The molecule has 6 nitrogen and oxygen atoms in total. The van der Waals surface area contributed by atoms with Crippen molar-refractivity contribution in [3.8, 4) is 23.8 Å². The van der Waals surface area contributed by atoms with E-state index in [4.69, 9.17) is 21.0 Å². The summed E-state index contributed by atoms with van der Waals surface area (Å²) in [7, 11) is 1.54. The molecule has 0 saturated carbocycles. The molecule has 27 heavy (non-hydrogen) atoms. The molecule has 0 saturated heterocycles. The highest BCUT2D eigenvalue weighted by Gasteiger charge is 2.12. The van der Waals surface area contributed by atoms with Gasteiger partial charge in [0.15, 0.2) is 11.5 Å². The molecule has 2 aromatic rings. The monoisotopic (exact) mass is 367 g/mol. The third-order valence-corrected chi connectivity index (χ3v) is 3.80. The number of aryl methyl sites for hydroxylation is 1. The number of nitrogens with one attached hydrogen (secondary N) is 1. The number of rotatable bonds is 9. The predicted molar refractivity (Wildman–Crippen MR) is 102 cm³/mol. The van der Waals surface area contributed by atoms with Gasteiger partial charge in [-0.25, -0.2) is 4.79 Å². The average Bonchev–Trinajstić information content (AvgIpc) is 2.67. The fourth-order valence-corrected chi connectivity index (χ4v) is 2.46. The second-order valence-corrected chi connectivity index (χ2v) is 5.69. The zero-order valence-corrected chi connectivity index (χ0v) is 15.0. The number of carbonyl (C=O) groups is 2. The number of para-hydroxylation sites is 1. The van der Waals surface area contributed by atoms with Crippen molar-refractivity contribution >= 4 is 17.6 Å². The van der Waals surface area contributed by atoms with Crippen molar-refractivity contribution in [3.63, 3.8) is 0 Å². The summed E-state index contributed by atoms with van der Waals surface area (Å²) in [6.45, 7) is 0.400. The SMILES string of the molecule is C#CCCOc1ccc(CCC(=O)Nc2ccccc2C(=O)O)cc1OC. The summed E-state index contributed by atoms with van der Waals surface area (Å²) in [4.78, 5) is 23.4. The molecule has 0 spiro atoms. The fraction of sp³-hybridized carbons (Fsp3) is 0.238. The molecular weight excluding hydrogens is 346 g/mol. The number of carboxylic acids is 1. The van der Waals surface area contributed by atoms with Gasteiger partial charge in [0.05, 0.1) is 25.0 Å². The van der Waals surface area contributed by atoms with Gasteiger partial charge in [-0.3, -0.25) is 4.79 Å². The quantitative estimate of drug-likeness (QED) is 0.524. The van der Waals surface area contributed by atoms with Gasteiger partial charge in [0.1, 0.15) is 0 Å². The van der Waals surface area contributed by atoms with E-state index in [2.05, 4.69) is 11.2 Å². The van der Waals surface area contributed by atoms with E-state index in [0.29, 0.717) is 30.9 Å². The minimum Gasteiger partial charge on any atom is -0.493 e. The van der Waals surface area contributed by atoms with E-state index < -0.39 is 5.97 Å². The Kier molecular flexibility index (Phi) is 7.26. The molecule has 0 aliphatic heterocycles. The average molecular weight is 367 g/mol. The van der Waals surface area contributed by atoms with Crippen LogP contribution in [0.1, 0.15) is 28.8 Å². The van der Waals surface area contributed by atoms with Crippen molar-refractivity contribution in [2.24, 2.45) is 0 Å². The number of benzene rings is 2. The largest absolute Gasteiger partial charge is 0.493 e. The first-order chi connectivity index (χ1) is 13.0. The van der Waals surface area contributed by atoms with Gasteiger partial charge in [0, 0.05) is 12.8 Å². The van der Waals surface area contributed by atoms with Gasteiger partial charge < -0.3 is 19.9 Å². The molecule has 1 amide bonds. The van der Waals surface area contributed by atoms with E-state index in [1.165, 1.54) is 6.07 Å². The minimum atomic E-state index is -1.09. The number of terminal acetylenes is 1. The van der Waals surface area contributed by atoms with Crippen molar-refractivity contribution in [2.75, 3.05) is 19.0 Å². The van der Waals surface area contributed by atoms with Crippen LogP contribution in [0, 0.1) is 12.3 Å². The molecule has 0 fully saturated rings. The van der Waals surface area contributed by atoms with Crippen LogP contribution in [0.5, 0.6) is 11.5 Å². The molecule has 140 valence electrons. The molecule has 0 bridgehead atoms. The molecule has 0 aliphatic carbocycles. The standard InChI is InChI=1S/C21H21NO5/c1-3-4-13-27-18-11-9-15(14-19(18)26-2)10-12-20(23)22-17-8-6-5-7-16(17)21(24)25/h1,5-9,11,14H,4,10,12-13H2,2H3,(H,22,23)(H,24,25). The topological polar surface area (TPSA) is 84.9 Å². The van der Waals surface area contributed by atoms with Gasteiger partial charge in [-0.05, 0) is 36.2 Å². The molecule has 0 aromatic heterocycles. The van der Waals surface area contributed by atoms with E-state index in [9.17, 15) is 9.59 Å². The van der Waals surface area contributed by atoms with Gasteiger partial charge in [-0.15, -0.1) is 12.3 Å². The maximum atomic E-state index is 12.2. The van der Waals surface area contributed by atoms with Crippen LogP contribution in [-0.2, 0) is 11.2 Å². The first-order valence-corrected chi connectivity index (χ1v) is 8.40. The number of hydrogen-bond acceptors (Lipinski definition) is 4. The number of ether oxygens (including phenoxy) is 2. The molecular formula is C21H21NO5. The summed E-state index contributed by atoms with van der Waals surface area (Å²) in [6, 6.07) is 11.7. The molecule has 2 aromatic carbocycles. The van der Waals surface area contributed by atoms with E-state index in [1.807, 2.05) is 12.1 Å². The Morgan fingerprint density at radius 2 is 1.96 bits per heavy atom. The summed E-state index contributed by atoms with van der Waals surface area (Å²) < 4.78 is 10.9. The lowest BCUT2D eigenvalue weighted by Crippen LogP contribution is -2.15. The van der Waals surface area contributed by atoms with Crippen LogP contribution in [0.15, 0.2) is 42.5 Å². The normalized spacial score (nSPS) is 9.93. The zero-order valence-electron chi connectivity index (χ0n) is 15.0. The van der Waals surface area contributed by atoms with E-state index in [-0.39, 0.29) is 23.6 Å². The number of aromatic carboxylic acids is 1. The highest BCUT2D eigenvalue weighted by Crippen LogP contribution is 2.28.